The minimum Gasteiger partial charge on any atom is -0.447 e. The molecule has 1 aromatic carbocycles. The van der Waals surface area contributed by atoms with E-state index in [4.69, 9.17) is 4.74 Å². The van der Waals surface area contributed by atoms with Crippen LogP contribution in [0.25, 0.3) is 0 Å². The van der Waals surface area contributed by atoms with Crippen LogP contribution in [-0.2, 0) is 24.2 Å². The number of rotatable bonds is 6. The summed E-state index contributed by atoms with van der Waals surface area (Å²) in [4.78, 5) is 35.8. The van der Waals surface area contributed by atoms with Crippen LogP contribution in [0.3, 0.4) is 0 Å². The molecule has 10 heteroatoms. The molecule has 0 spiro atoms. The molecule has 0 aliphatic carbocycles. The van der Waals surface area contributed by atoms with Gasteiger partial charge in [-0.2, -0.15) is 0 Å². The van der Waals surface area contributed by atoms with E-state index in [1.807, 2.05) is 0 Å². The minimum absolute atomic E-state index is 0.0459. The van der Waals surface area contributed by atoms with Gasteiger partial charge in [0.2, 0.25) is 6.10 Å². The average Bonchev–Trinajstić information content (AvgIpc) is 2.97. The molecule has 0 radical (unpaired) electrons. The Labute approximate surface area is 156 Å². The quantitative estimate of drug-likeness (QED) is 0.673. The second-order valence-corrected chi connectivity index (χ2v) is 9.20. The maximum absolute atomic E-state index is 12.3. The molecule has 1 saturated heterocycles. The van der Waals surface area contributed by atoms with Crippen molar-refractivity contribution in [3.8, 4) is 0 Å². The topological polar surface area (TPSA) is 119 Å². The van der Waals surface area contributed by atoms with Crippen LogP contribution >= 0.6 is 11.8 Å². The SMILES string of the molecule is CNC(=O)NC(=O)[C@H](OC(=O)CS[C@H]1CCS(=O)(=O)C1)c1ccccc1. The Morgan fingerprint density at radius 1 is 1.27 bits per heavy atom. The Kier molecular flexibility index (Phi) is 7.04. The zero-order valence-corrected chi connectivity index (χ0v) is 15.8. The Morgan fingerprint density at radius 3 is 2.54 bits per heavy atom. The van der Waals surface area contributed by atoms with Gasteiger partial charge in [-0.05, 0) is 6.42 Å². The first kappa shape index (κ1) is 20.2. The van der Waals surface area contributed by atoms with E-state index >= 15 is 0 Å². The number of sulfone groups is 1. The summed E-state index contributed by atoms with van der Waals surface area (Å²) in [5.74, 6) is -1.32. The van der Waals surface area contributed by atoms with E-state index < -0.39 is 33.8 Å². The normalized spacial score (nSPS) is 19.3. The van der Waals surface area contributed by atoms with Crippen LogP contribution in [0.5, 0.6) is 0 Å². The number of hydrogen-bond acceptors (Lipinski definition) is 7. The van der Waals surface area contributed by atoms with Crippen molar-refractivity contribution in [2.45, 2.75) is 17.8 Å². The van der Waals surface area contributed by atoms with Gasteiger partial charge in [0, 0.05) is 17.9 Å². The van der Waals surface area contributed by atoms with Gasteiger partial charge >= 0.3 is 12.0 Å². The van der Waals surface area contributed by atoms with Gasteiger partial charge in [0.05, 0.1) is 17.3 Å². The lowest BCUT2D eigenvalue weighted by atomic mass is 10.1. The summed E-state index contributed by atoms with van der Waals surface area (Å²) in [6, 6.07) is 7.62. The van der Waals surface area contributed by atoms with Gasteiger partial charge in [-0.25, -0.2) is 13.2 Å². The highest BCUT2D eigenvalue weighted by atomic mass is 32.2. The molecule has 1 aliphatic heterocycles. The van der Waals surface area contributed by atoms with E-state index in [2.05, 4.69) is 10.6 Å². The van der Waals surface area contributed by atoms with Crippen molar-refractivity contribution in [1.82, 2.24) is 10.6 Å². The summed E-state index contributed by atoms with van der Waals surface area (Å²) in [6.07, 6.45) is -0.770. The van der Waals surface area contributed by atoms with Crippen molar-refractivity contribution < 1.29 is 27.5 Å². The largest absolute Gasteiger partial charge is 0.447 e. The van der Waals surface area contributed by atoms with Gasteiger partial charge in [0.1, 0.15) is 0 Å². The number of urea groups is 1. The highest BCUT2D eigenvalue weighted by Gasteiger charge is 2.30. The molecule has 1 fully saturated rings. The van der Waals surface area contributed by atoms with Crippen LogP contribution < -0.4 is 10.6 Å². The number of imide groups is 1. The maximum Gasteiger partial charge on any atom is 0.321 e. The third-order valence-electron chi connectivity index (χ3n) is 3.68. The molecule has 0 aromatic heterocycles. The number of hydrogen-bond donors (Lipinski definition) is 2. The lowest BCUT2D eigenvalue weighted by molar-refractivity contribution is -0.153. The molecule has 3 amide bonds. The first-order valence-electron chi connectivity index (χ1n) is 7.90. The van der Waals surface area contributed by atoms with Crippen LogP contribution in [0, 0.1) is 0 Å². The van der Waals surface area contributed by atoms with Gasteiger partial charge in [-0.1, -0.05) is 30.3 Å². The maximum atomic E-state index is 12.3. The Balaban J connectivity index is 1.98. The smallest absolute Gasteiger partial charge is 0.321 e. The van der Waals surface area contributed by atoms with Crippen LogP contribution in [-0.4, -0.2) is 55.9 Å². The van der Waals surface area contributed by atoms with Crippen molar-refractivity contribution in [2.75, 3.05) is 24.3 Å². The number of esters is 1. The molecule has 142 valence electrons. The van der Waals surface area contributed by atoms with Gasteiger partial charge in [-0.3, -0.25) is 14.9 Å². The predicted octanol–water partition coefficient (Wildman–Crippen LogP) is 0.647. The highest BCUT2D eigenvalue weighted by Crippen LogP contribution is 2.25. The molecule has 8 nitrogen and oxygen atoms in total. The summed E-state index contributed by atoms with van der Waals surface area (Å²) in [7, 11) is -1.66. The van der Waals surface area contributed by atoms with Crippen molar-refractivity contribution in [3.05, 3.63) is 35.9 Å². The Morgan fingerprint density at radius 2 is 1.96 bits per heavy atom. The summed E-state index contributed by atoms with van der Waals surface area (Å²) < 4.78 is 28.2. The number of nitrogens with one attached hydrogen (secondary N) is 2. The molecule has 1 aromatic rings. The van der Waals surface area contributed by atoms with E-state index in [1.54, 1.807) is 30.3 Å². The average molecular weight is 400 g/mol. The fourth-order valence-electron chi connectivity index (χ4n) is 2.38. The van der Waals surface area contributed by atoms with Gasteiger partial charge in [0.15, 0.2) is 9.84 Å². The van der Waals surface area contributed by atoms with Crippen LogP contribution in [0.15, 0.2) is 30.3 Å². The molecule has 2 atom stereocenters. The van der Waals surface area contributed by atoms with Gasteiger partial charge in [0.25, 0.3) is 5.91 Å². The van der Waals surface area contributed by atoms with E-state index in [0.29, 0.717) is 12.0 Å². The van der Waals surface area contributed by atoms with Crippen molar-refractivity contribution in [3.63, 3.8) is 0 Å². The highest BCUT2D eigenvalue weighted by molar-refractivity contribution is 8.02. The number of benzene rings is 1. The minimum atomic E-state index is -3.02. The van der Waals surface area contributed by atoms with Crippen molar-refractivity contribution >= 4 is 39.5 Å². The molecular weight excluding hydrogens is 380 g/mol. The van der Waals surface area contributed by atoms with Gasteiger partial charge in [-0.15, -0.1) is 11.8 Å². The van der Waals surface area contributed by atoms with E-state index in [9.17, 15) is 22.8 Å². The number of amides is 3. The van der Waals surface area contributed by atoms with Crippen LogP contribution in [0.2, 0.25) is 0 Å². The molecular formula is C16H20N2O6S2. The first-order valence-corrected chi connectivity index (χ1v) is 10.8. The number of carbonyl (C=O) groups excluding carboxylic acids is 3. The standard InChI is InChI=1S/C16H20N2O6S2/c1-17-16(21)18-15(20)14(11-5-3-2-4-6-11)24-13(19)9-25-12-7-8-26(22,23)10-12/h2-6,12,14H,7-10H2,1H3,(H2,17,18,20,21)/t12-,14+/m0/s1. The molecule has 2 N–H and O–H groups in total. The zero-order valence-electron chi connectivity index (χ0n) is 14.1. The summed E-state index contributed by atoms with van der Waals surface area (Å²) in [5.41, 5.74) is 0.427. The number of carbonyl (C=O) groups is 3. The van der Waals surface area contributed by atoms with Crippen molar-refractivity contribution in [1.29, 1.82) is 0 Å². The molecule has 1 aliphatic rings. The molecule has 0 saturated carbocycles. The van der Waals surface area contributed by atoms with Crippen LogP contribution in [0.1, 0.15) is 18.1 Å². The molecule has 1 heterocycles. The molecule has 0 unspecified atom stereocenters. The second-order valence-electron chi connectivity index (χ2n) is 5.69. The summed E-state index contributed by atoms with van der Waals surface area (Å²) in [6.45, 7) is 0. The monoisotopic (exact) mass is 400 g/mol. The summed E-state index contributed by atoms with van der Waals surface area (Å²) in [5, 5.41) is 4.19. The molecule has 26 heavy (non-hydrogen) atoms. The fourth-order valence-corrected chi connectivity index (χ4v) is 5.81. The third kappa shape index (κ3) is 6.03. The third-order valence-corrected chi connectivity index (χ3v) is 6.94. The lowest BCUT2D eigenvalue weighted by Crippen LogP contribution is -2.41. The zero-order chi connectivity index (χ0) is 19.2. The van der Waals surface area contributed by atoms with Crippen LogP contribution in [0.4, 0.5) is 4.79 Å². The number of thioether (sulfide) groups is 1. The summed E-state index contributed by atoms with van der Waals surface area (Å²) >= 11 is 1.20. The van der Waals surface area contributed by atoms with E-state index in [-0.39, 0.29) is 22.5 Å². The lowest BCUT2D eigenvalue weighted by Gasteiger charge is -2.18. The Hall–Kier alpha value is -2.07. The van der Waals surface area contributed by atoms with E-state index in [1.165, 1.54) is 18.8 Å². The predicted molar refractivity (Wildman–Crippen MR) is 97.4 cm³/mol. The fraction of sp³-hybridized carbons (Fsp3) is 0.438. The first-order chi connectivity index (χ1) is 12.3. The van der Waals surface area contributed by atoms with Crippen molar-refractivity contribution in [2.24, 2.45) is 0 Å². The molecule has 0 bridgehead atoms. The second kappa shape index (κ2) is 9.04. The Bertz CT molecular complexity index is 766. The molecule has 2 rings (SSSR count). The number of ether oxygens (including phenoxy) is 1. The van der Waals surface area contributed by atoms with Gasteiger partial charge < -0.3 is 10.1 Å². The van der Waals surface area contributed by atoms with E-state index in [0.717, 1.165) is 0 Å².